The Kier molecular flexibility index (Phi) is 11.0. The van der Waals surface area contributed by atoms with Gasteiger partial charge in [0.05, 0.1) is 24.2 Å². The zero-order valence-corrected chi connectivity index (χ0v) is 28.0. The van der Waals surface area contributed by atoms with Gasteiger partial charge in [-0.05, 0) is 121 Å². The van der Waals surface area contributed by atoms with Crippen LogP contribution in [0.4, 0.5) is 34.3 Å². The third-order valence-corrected chi connectivity index (χ3v) is 7.22. The lowest BCUT2D eigenvalue weighted by atomic mass is 10.2. The number of H-pyrrole nitrogens is 1. The molecule has 0 fully saturated rings. The normalized spacial score (nSPS) is 10.3. The first-order valence-electron chi connectivity index (χ1n) is 15.1. The molecule has 0 radical (unpaired) electrons. The number of hydrogen-bond donors (Lipinski definition) is 7. The van der Waals surface area contributed by atoms with Crippen LogP contribution in [0.15, 0.2) is 137 Å². The van der Waals surface area contributed by atoms with E-state index in [0.29, 0.717) is 27.4 Å². The fourth-order valence-electron chi connectivity index (χ4n) is 4.43. The number of aromatic nitrogens is 4. The Morgan fingerprint density at radius 2 is 1.12 bits per heavy atom. The number of fused-ring (bicyclic) bond motifs is 1. The van der Waals surface area contributed by atoms with E-state index in [9.17, 15) is 9.59 Å². The van der Waals surface area contributed by atoms with E-state index in [0.717, 1.165) is 28.0 Å². The van der Waals surface area contributed by atoms with E-state index in [1.165, 1.54) is 18.9 Å². The van der Waals surface area contributed by atoms with Gasteiger partial charge in [0.25, 0.3) is 11.8 Å². The van der Waals surface area contributed by atoms with Crippen LogP contribution < -0.4 is 31.9 Å². The topological polar surface area (TPSA) is 187 Å². The van der Waals surface area contributed by atoms with Crippen LogP contribution in [0.3, 0.4) is 0 Å². The minimum absolute atomic E-state index is 0.257. The molecule has 3 aromatic carbocycles. The number of hydrogen-bond acceptors (Lipinski definition) is 9. The van der Waals surface area contributed by atoms with Crippen molar-refractivity contribution in [2.75, 3.05) is 31.9 Å². The number of nitrogens with zero attached hydrogens (tertiary/aromatic N) is 3. The second-order valence-electron chi connectivity index (χ2n) is 10.4. The monoisotopic (exact) mass is 716 g/mol. The maximum absolute atomic E-state index is 12.0. The molecule has 4 heterocycles. The van der Waals surface area contributed by atoms with Crippen LogP contribution in [0, 0.1) is 0 Å². The molecule has 0 saturated carbocycles. The highest BCUT2D eigenvalue weighted by molar-refractivity contribution is 7.81. The molecule has 0 spiro atoms. The Balaban J connectivity index is 0.000000177. The Morgan fingerprint density at radius 3 is 1.63 bits per heavy atom. The molecule has 0 saturated heterocycles. The Morgan fingerprint density at radius 1 is 0.608 bits per heavy atom. The molecule has 0 aliphatic rings. The van der Waals surface area contributed by atoms with E-state index in [-0.39, 0.29) is 23.3 Å². The lowest BCUT2D eigenvalue weighted by Crippen LogP contribution is -2.19. The summed E-state index contributed by atoms with van der Waals surface area (Å²) in [5, 5.41) is 26.5. The average Bonchev–Trinajstić information content (AvgIpc) is 3.95. The van der Waals surface area contributed by atoms with Gasteiger partial charge in [0.2, 0.25) is 0 Å². The quantitative estimate of drug-likeness (QED) is 0.0775. The number of nitrogens with one attached hydrogen (secondary N) is 7. The third kappa shape index (κ3) is 9.82. The molecule has 0 aliphatic heterocycles. The van der Waals surface area contributed by atoms with Crippen molar-refractivity contribution >= 4 is 91.6 Å². The van der Waals surface area contributed by atoms with E-state index in [1.807, 2.05) is 30.3 Å². The fraction of sp³-hybridized carbons (Fsp3) is 0. The molecule has 0 unspecified atom stereocenters. The smallest absolute Gasteiger partial charge is 0.291 e. The predicted molar refractivity (Wildman–Crippen MR) is 204 cm³/mol. The predicted octanol–water partition coefficient (Wildman–Crippen LogP) is 7.35. The van der Waals surface area contributed by atoms with E-state index < -0.39 is 0 Å². The summed E-state index contributed by atoms with van der Waals surface area (Å²) in [6.45, 7) is 0. The van der Waals surface area contributed by atoms with Crippen molar-refractivity contribution in [1.82, 2.24) is 20.2 Å². The van der Waals surface area contributed by atoms with Gasteiger partial charge in [-0.1, -0.05) is 0 Å². The molecule has 0 bridgehead atoms. The summed E-state index contributed by atoms with van der Waals surface area (Å²) in [4.78, 5) is 31.7. The highest BCUT2D eigenvalue weighted by Gasteiger charge is 2.10. The standard InChI is InChI=1S/C19H15N5O2S.C16H13N5O2S/c25-18(17-2-1-9-26-17)21-13-3-5-14(6-4-13)22-19(27)23-15-7-8-16-12(10-15)11-20-24-16;22-15(13-2-1-9-23-13)19-11-3-5-12(6-4-11)20-16(24)21-14-7-8-17-10-18-14/h1-11H,(H,20,24)(H,21,25)(H2,22,23,27);1-10H,(H,19,22)(H2,17,18,20,21,24). The SMILES string of the molecule is O=C(Nc1ccc(NC(=S)Nc2ccc3[nH]ncc3c2)cc1)c1ccco1.O=C(Nc1ccc(NC(=S)Nc2ccncn2)cc1)c1ccco1. The van der Waals surface area contributed by atoms with Crippen molar-refractivity contribution in [2.24, 2.45) is 0 Å². The lowest BCUT2D eigenvalue weighted by Gasteiger charge is -2.11. The molecule has 0 atom stereocenters. The van der Waals surface area contributed by atoms with Gasteiger partial charge in [0.1, 0.15) is 12.1 Å². The van der Waals surface area contributed by atoms with Crippen molar-refractivity contribution in [3.63, 3.8) is 0 Å². The number of carbonyl (C=O) groups excluding carboxylic acids is 2. The van der Waals surface area contributed by atoms with Crippen LogP contribution in [-0.2, 0) is 0 Å². The minimum atomic E-state index is -0.304. The van der Waals surface area contributed by atoms with E-state index >= 15 is 0 Å². The van der Waals surface area contributed by atoms with Gasteiger partial charge < -0.3 is 40.7 Å². The lowest BCUT2D eigenvalue weighted by molar-refractivity contribution is 0.0989. The van der Waals surface area contributed by atoms with Crippen molar-refractivity contribution in [3.05, 3.63) is 140 Å². The zero-order valence-electron chi connectivity index (χ0n) is 26.4. The number of thiocarbonyl (C=S) groups is 2. The van der Waals surface area contributed by atoms with Crippen LogP contribution in [0.1, 0.15) is 21.1 Å². The highest BCUT2D eigenvalue weighted by Crippen LogP contribution is 2.19. The first kappa shape index (κ1) is 34.0. The molecule has 0 aliphatic carbocycles. The molecule has 16 heteroatoms. The van der Waals surface area contributed by atoms with Gasteiger partial charge in [-0.25, -0.2) is 9.97 Å². The molecule has 7 rings (SSSR count). The average molecular weight is 717 g/mol. The van der Waals surface area contributed by atoms with Crippen LogP contribution in [0.5, 0.6) is 0 Å². The van der Waals surface area contributed by atoms with Gasteiger partial charge in [0.15, 0.2) is 21.7 Å². The summed E-state index contributed by atoms with van der Waals surface area (Å²) >= 11 is 10.6. The molecule has 51 heavy (non-hydrogen) atoms. The summed E-state index contributed by atoms with van der Waals surface area (Å²) in [6, 6.07) is 28.4. The van der Waals surface area contributed by atoms with Gasteiger partial charge >= 0.3 is 0 Å². The number of carbonyl (C=O) groups is 2. The second kappa shape index (κ2) is 16.5. The largest absolute Gasteiger partial charge is 0.459 e. The molecule has 7 N–H and O–H groups in total. The maximum Gasteiger partial charge on any atom is 0.291 e. The van der Waals surface area contributed by atoms with E-state index in [2.05, 4.69) is 52.1 Å². The zero-order chi connectivity index (χ0) is 35.4. The van der Waals surface area contributed by atoms with Gasteiger partial charge in [-0.2, -0.15) is 5.10 Å². The van der Waals surface area contributed by atoms with Gasteiger partial charge in [0, 0.05) is 40.0 Å². The minimum Gasteiger partial charge on any atom is -0.459 e. The first-order chi connectivity index (χ1) is 24.9. The Labute approximate surface area is 301 Å². The van der Waals surface area contributed by atoms with Crippen molar-refractivity contribution in [2.45, 2.75) is 0 Å². The van der Waals surface area contributed by atoms with Crippen LogP contribution in [-0.4, -0.2) is 42.2 Å². The van der Waals surface area contributed by atoms with Crippen LogP contribution >= 0.6 is 24.4 Å². The fourth-order valence-corrected chi connectivity index (χ4v) is 4.89. The number of furan rings is 2. The van der Waals surface area contributed by atoms with Crippen molar-refractivity contribution in [1.29, 1.82) is 0 Å². The van der Waals surface area contributed by atoms with Crippen molar-refractivity contribution < 1.29 is 18.4 Å². The molecule has 14 nitrogen and oxygen atoms in total. The summed E-state index contributed by atoms with van der Waals surface area (Å²) in [6.07, 6.45) is 7.72. The number of anilines is 6. The first-order valence-corrected chi connectivity index (χ1v) is 15.9. The highest BCUT2D eigenvalue weighted by atomic mass is 32.1. The summed E-state index contributed by atoms with van der Waals surface area (Å²) < 4.78 is 10.1. The number of benzene rings is 3. The van der Waals surface area contributed by atoms with Crippen LogP contribution in [0.2, 0.25) is 0 Å². The molecular weight excluding hydrogens is 689 g/mol. The van der Waals surface area contributed by atoms with Gasteiger partial charge in [-0.3, -0.25) is 14.7 Å². The van der Waals surface area contributed by atoms with Crippen molar-refractivity contribution in [3.8, 4) is 0 Å². The van der Waals surface area contributed by atoms with Gasteiger partial charge in [-0.15, -0.1) is 0 Å². The molecule has 254 valence electrons. The third-order valence-electron chi connectivity index (χ3n) is 6.81. The second-order valence-corrected chi connectivity index (χ2v) is 11.3. The number of aromatic amines is 1. The van der Waals surface area contributed by atoms with E-state index in [4.69, 9.17) is 33.3 Å². The molecule has 4 aromatic heterocycles. The maximum atomic E-state index is 12.0. The number of rotatable bonds is 8. The molecular formula is C35H28N10O4S2. The van der Waals surface area contributed by atoms with E-state index in [1.54, 1.807) is 79.1 Å². The summed E-state index contributed by atoms with van der Waals surface area (Å²) in [7, 11) is 0. The number of amides is 2. The van der Waals surface area contributed by atoms with Crippen LogP contribution in [0.25, 0.3) is 10.9 Å². The summed E-state index contributed by atoms with van der Waals surface area (Å²) in [5.41, 5.74) is 4.71. The molecule has 2 amide bonds. The Bertz CT molecular complexity index is 2220. The summed E-state index contributed by atoms with van der Waals surface area (Å²) in [5.74, 6) is 0.517. The Hall–Kier alpha value is -6.91. The molecule has 7 aromatic rings.